The predicted molar refractivity (Wildman–Crippen MR) is 249 cm³/mol. The number of carbonyl (C=O) groups is 5. The van der Waals surface area contributed by atoms with Crippen LogP contribution in [0.1, 0.15) is 102 Å². The number of aryl methyl sites for hydroxylation is 1. The van der Waals surface area contributed by atoms with Crippen molar-refractivity contribution in [2.45, 2.75) is 117 Å². The number of hydrogen-bond donors (Lipinski definition) is 2. The van der Waals surface area contributed by atoms with Gasteiger partial charge in [-0.1, -0.05) is 40.3 Å². The Morgan fingerprint density at radius 1 is 1.06 bits per heavy atom. The van der Waals surface area contributed by atoms with Crippen molar-refractivity contribution in [3.8, 4) is 11.3 Å². The first kappa shape index (κ1) is 47.8. The lowest BCUT2D eigenvalue weighted by atomic mass is 9.83. The van der Waals surface area contributed by atoms with Gasteiger partial charge in [0.2, 0.25) is 17.7 Å². The second-order valence-corrected chi connectivity index (χ2v) is 19.7. The Hall–Kier alpha value is -5.12. The summed E-state index contributed by atoms with van der Waals surface area (Å²) in [5.41, 5.74) is 9.18. The fourth-order valence-corrected chi connectivity index (χ4v) is 10.6. The summed E-state index contributed by atoms with van der Waals surface area (Å²) in [5, 5.41) is 5.74. The number of aromatic nitrogens is 2. The standard InChI is InChI=1S/C50H70N8O7/c1-10-42(59)56-24-20-35(28-56)47(61)54(8)44(31(3)4)46(60)52-40-29-55-22-13-15-34(27-55)33-18-19-41-37(25-33)38(45(57(41)11-2)36-16-12-21-51-43(36)32(5)64-9)26-50(6,7)30-65-49(63)39-17-14-23-58(53-39)48(40)62/h10,12,16,18-19,21,25,31-32,34-35,39-40,44,53H,1,11,13-15,17,20,22-24,26-30H2,2-9H3,(H,52,60)/t32-,34+,35-,39-,40-,44-/m0/s1. The molecule has 4 aliphatic heterocycles. The number of methoxy groups -OCH3 is 1. The highest BCUT2D eigenvalue weighted by molar-refractivity contribution is 5.95. The van der Waals surface area contributed by atoms with Gasteiger partial charge in [-0.15, -0.1) is 0 Å². The molecule has 4 amide bonds. The van der Waals surface area contributed by atoms with Crippen molar-refractivity contribution >= 4 is 40.5 Å². The Kier molecular flexibility index (Phi) is 14.8. The number of likely N-dealkylation sites (tertiary alicyclic amines) is 1. The van der Waals surface area contributed by atoms with Crippen LogP contribution >= 0.6 is 0 Å². The number of hydrazine groups is 1. The van der Waals surface area contributed by atoms with Crippen LogP contribution in [0.15, 0.2) is 49.2 Å². The smallest absolute Gasteiger partial charge is 0.324 e. The van der Waals surface area contributed by atoms with E-state index in [9.17, 15) is 24.0 Å². The highest BCUT2D eigenvalue weighted by atomic mass is 16.5. The predicted octanol–water partition coefficient (Wildman–Crippen LogP) is 5.23. The van der Waals surface area contributed by atoms with Crippen molar-refractivity contribution in [2.75, 3.05) is 60.0 Å². The van der Waals surface area contributed by atoms with Gasteiger partial charge in [0.1, 0.15) is 18.1 Å². The molecule has 1 aromatic carbocycles. The van der Waals surface area contributed by atoms with E-state index in [0.29, 0.717) is 45.3 Å². The molecule has 0 saturated carbocycles. The number of carbonyl (C=O) groups excluding carboxylic acids is 5. The molecule has 6 bridgehead atoms. The molecule has 4 aliphatic rings. The van der Waals surface area contributed by atoms with Crippen molar-refractivity contribution in [2.24, 2.45) is 17.3 Å². The van der Waals surface area contributed by atoms with Gasteiger partial charge in [-0.25, -0.2) is 5.43 Å². The lowest BCUT2D eigenvalue weighted by Crippen LogP contribution is -2.64. The van der Waals surface area contributed by atoms with Crippen LogP contribution in [0, 0.1) is 17.3 Å². The third kappa shape index (κ3) is 10.2. The number of benzene rings is 1. The van der Waals surface area contributed by atoms with Gasteiger partial charge < -0.3 is 34.1 Å². The molecule has 2 N–H and O–H groups in total. The van der Waals surface area contributed by atoms with Gasteiger partial charge >= 0.3 is 5.97 Å². The van der Waals surface area contributed by atoms with Crippen molar-refractivity contribution < 1.29 is 33.4 Å². The molecule has 2 aromatic heterocycles. The molecule has 15 nitrogen and oxygen atoms in total. The van der Waals surface area contributed by atoms with Crippen molar-refractivity contribution in [1.82, 2.24) is 40.0 Å². The summed E-state index contributed by atoms with van der Waals surface area (Å²) >= 11 is 0. The SMILES string of the molecule is C=CC(=O)N1CC[C@H](C(=O)N(C)[C@H](C(=O)N[C@H]2CN3CCC[C@H](C3)c3ccc4c(c3)c(c(-c3cccnc3[C@H](C)OC)n4CC)CC(C)(C)COC(=O)[C@@H]3CCCN(N3)C2=O)C(C)C)C1. The van der Waals surface area contributed by atoms with Gasteiger partial charge in [0, 0.05) is 81.5 Å². The molecule has 0 spiro atoms. The van der Waals surface area contributed by atoms with Gasteiger partial charge in [-0.2, -0.15) is 0 Å². The van der Waals surface area contributed by atoms with E-state index in [-0.39, 0.29) is 55.4 Å². The van der Waals surface area contributed by atoms with E-state index in [2.05, 4.69) is 71.8 Å². The molecule has 1 unspecified atom stereocenters. The zero-order valence-electron chi connectivity index (χ0n) is 39.7. The number of ether oxygens (including phenoxy) is 2. The Morgan fingerprint density at radius 2 is 1.83 bits per heavy atom. The first-order chi connectivity index (χ1) is 31.0. The molecule has 65 heavy (non-hydrogen) atoms. The minimum absolute atomic E-state index is 0.160. The number of fused-ring (bicyclic) bond motifs is 6. The van der Waals surface area contributed by atoms with Gasteiger partial charge in [-0.05, 0) is 112 Å². The number of cyclic esters (lactones) is 1. The van der Waals surface area contributed by atoms with E-state index in [1.807, 2.05) is 33.0 Å². The summed E-state index contributed by atoms with van der Waals surface area (Å²) in [7, 11) is 3.33. The largest absolute Gasteiger partial charge is 0.464 e. The summed E-state index contributed by atoms with van der Waals surface area (Å²) in [6.07, 6.45) is 6.88. The second-order valence-electron chi connectivity index (χ2n) is 19.7. The zero-order chi connectivity index (χ0) is 46.7. The van der Waals surface area contributed by atoms with Crippen molar-refractivity contribution in [3.05, 3.63) is 66.0 Å². The number of nitrogens with zero attached hydrogens (tertiary/aromatic N) is 6. The van der Waals surface area contributed by atoms with Crippen LogP contribution in [-0.2, 0) is 46.4 Å². The van der Waals surface area contributed by atoms with E-state index in [1.54, 1.807) is 19.1 Å². The first-order valence-corrected chi connectivity index (χ1v) is 23.6. The fraction of sp³-hybridized carbons (Fsp3) is 0.600. The molecule has 15 heteroatoms. The number of nitrogens with one attached hydrogen (secondary N) is 2. The van der Waals surface area contributed by atoms with Crippen LogP contribution in [-0.4, -0.2) is 137 Å². The molecule has 6 heterocycles. The first-order valence-electron chi connectivity index (χ1n) is 23.6. The highest BCUT2D eigenvalue weighted by Crippen LogP contribution is 2.42. The van der Waals surface area contributed by atoms with Crippen LogP contribution in [0.2, 0.25) is 0 Å². The van der Waals surface area contributed by atoms with Gasteiger partial charge in [0.05, 0.1) is 30.0 Å². The number of hydrogen-bond acceptors (Lipinski definition) is 10. The lowest BCUT2D eigenvalue weighted by molar-refractivity contribution is -0.155. The van der Waals surface area contributed by atoms with E-state index < -0.39 is 41.3 Å². The van der Waals surface area contributed by atoms with Crippen LogP contribution in [0.25, 0.3) is 22.2 Å². The maximum Gasteiger partial charge on any atom is 0.324 e. The number of rotatable bonds is 10. The topological polar surface area (TPSA) is 159 Å². The second kappa shape index (κ2) is 20.2. The van der Waals surface area contributed by atoms with E-state index in [0.717, 1.165) is 53.8 Å². The lowest BCUT2D eigenvalue weighted by Gasteiger charge is -2.39. The number of pyridine rings is 1. The van der Waals surface area contributed by atoms with E-state index >= 15 is 0 Å². The Labute approximate surface area is 384 Å². The van der Waals surface area contributed by atoms with Crippen LogP contribution in [0.3, 0.4) is 0 Å². The van der Waals surface area contributed by atoms with Crippen molar-refractivity contribution in [3.63, 3.8) is 0 Å². The minimum Gasteiger partial charge on any atom is -0.464 e. The maximum atomic E-state index is 14.7. The molecular weight excluding hydrogens is 825 g/mol. The van der Waals surface area contributed by atoms with Crippen molar-refractivity contribution in [1.29, 1.82) is 0 Å². The molecule has 352 valence electrons. The molecule has 0 radical (unpaired) electrons. The number of piperidine rings is 1. The fourth-order valence-electron chi connectivity index (χ4n) is 10.6. The summed E-state index contributed by atoms with van der Waals surface area (Å²) < 4.78 is 14.3. The Balaban J connectivity index is 1.24. The highest BCUT2D eigenvalue weighted by Gasteiger charge is 2.41. The molecule has 7 atom stereocenters. The maximum absolute atomic E-state index is 14.7. The summed E-state index contributed by atoms with van der Waals surface area (Å²) in [4.78, 5) is 79.6. The molecule has 0 aliphatic carbocycles. The Bertz CT molecular complexity index is 2270. The Morgan fingerprint density at radius 3 is 2.55 bits per heavy atom. The van der Waals surface area contributed by atoms with Crippen LogP contribution < -0.4 is 10.7 Å². The molecule has 3 fully saturated rings. The van der Waals surface area contributed by atoms with E-state index in [4.69, 9.17) is 14.5 Å². The molecule has 3 saturated heterocycles. The number of likely N-dealkylation sites (N-methyl/N-ethyl adjacent to an activating group) is 1. The van der Waals surface area contributed by atoms with Gasteiger partial charge in [0.25, 0.3) is 5.91 Å². The third-order valence-electron chi connectivity index (χ3n) is 14.1. The van der Waals surface area contributed by atoms with Crippen LogP contribution in [0.5, 0.6) is 0 Å². The van der Waals surface area contributed by atoms with Gasteiger partial charge in [0.15, 0.2) is 0 Å². The quantitative estimate of drug-likeness (QED) is 0.204. The zero-order valence-corrected chi connectivity index (χ0v) is 39.7. The summed E-state index contributed by atoms with van der Waals surface area (Å²) in [6, 6.07) is 8.32. The number of amides is 4. The normalized spacial score (nSPS) is 24.8. The monoisotopic (exact) mass is 895 g/mol. The van der Waals surface area contributed by atoms with E-state index in [1.165, 1.54) is 27.1 Å². The summed E-state index contributed by atoms with van der Waals surface area (Å²) in [5.74, 6) is -2.21. The summed E-state index contributed by atoms with van der Waals surface area (Å²) in [6.45, 7) is 19.4. The third-order valence-corrected chi connectivity index (χ3v) is 14.1. The minimum atomic E-state index is -0.975. The average molecular weight is 895 g/mol. The van der Waals surface area contributed by atoms with Crippen LogP contribution in [0.4, 0.5) is 0 Å². The average Bonchev–Trinajstić information content (AvgIpc) is 3.92. The molecular formula is C50H70N8O7. The molecule has 3 aromatic rings. The molecule has 7 rings (SSSR count). The number of esters is 1. The van der Waals surface area contributed by atoms with Gasteiger partial charge in [-0.3, -0.25) is 34.0 Å².